The number of nitro groups is 1. The summed E-state index contributed by atoms with van der Waals surface area (Å²) in [5, 5.41) is 14.0. The minimum absolute atomic E-state index is 0.189. The SMILES string of the molecule is O=[N+]([O-])c1cc(Cl)c(F)cc1NCC1CCCS1. The molecule has 1 saturated heterocycles. The molecule has 7 heteroatoms. The molecule has 98 valence electrons. The van der Waals surface area contributed by atoms with Crippen molar-refractivity contribution in [3.05, 3.63) is 33.1 Å². The molecule has 0 bridgehead atoms. The predicted octanol–water partition coefficient (Wildman–Crippen LogP) is 3.69. The fraction of sp³-hybridized carbons (Fsp3) is 0.455. The van der Waals surface area contributed by atoms with Crippen molar-refractivity contribution < 1.29 is 9.31 Å². The molecule has 1 unspecified atom stereocenters. The maximum Gasteiger partial charge on any atom is 0.294 e. The van der Waals surface area contributed by atoms with E-state index < -0.39 is 10.7 Å². The lowest BCUT2D eigenvalue weighted by atomic mass is 10.2. The number of rotatable bonds is 4. The summed E-state index contributed by atoms with van der Waals surface area (Å²) in [6.45, 7) is 0.604. The van der Waals surface area contributed by atoms with Gasteiger partial charge in [0.2, 0.25) is 0 Å². The molecule has 0 spiro atoms. The van der Waals surface area contributed by atoms with Crippen LogP contribution in [0.1, 0.15) is 12.8 Å². The topological polar surface area (TPSA) is 55.2 Å². The highest BCUT2D eigenvalue weighted by atomic mass is 35.5. The van der Waals surface area contributed by atoms with Crippen LogP contribution in [-0.2, 0) is 0 Å². The van der Waals surface area contributed by atoms with Crippen molar-refractivity contribution >= 4 is 34.7 Å². The molecule has 4 nitrogen and oxygen atoms in total. The van der Waals surface area contributed by atoms with Gasteiger partial charge in [0.25, 0.3) is 5.69 Å². The van der Waals surface area contributed by atoms with Crippen LogP contribution in [0.5, 0.6) is 0 Å². The van der Waals surface area contributed by atoms with E-state index in [0.717, 1.165) is 30.7 Å². The Morgan fingerprint density at radius 1 is 1.61 bits per heavy atom. The summed E-state index contributed by atoms with van der Waals surface area (Å²) >= 11 is 7.38. The first-order valence-corrected chi connectivity index (χ1v) is 6.99. The molecule has 2 rings (SSSR count). The minimum atomic E-state index is -0.649. The molecule has 0 aliphatic carbocycles. The second kappa shape index (κ2) is 5.75. The van der Waals surface area contributed by atoms with Crippen LogP contribution in [0.25, 0.3) is 0 Å². The molecule has 1 aliphatic heterocycles. The van der Waals surface area contributed by atoms with Crippen molar-refractivity contribution in [2.24, 2.45) is 0 Å². The van der Waals surface area contributed by atoms with E-state index in [2.05, 4.69) is 5.32 Å². The van der Waals surface area contributed by atoms with Crippen molar-refractivity contribution in [1.29, 1.82) is 0 Å². The molecule has 1 aliphatic rings. The second-order valence-corrected chi connectivity index (χ2v) is 5.87. The minimum Gasteiger partial charge on any atom is -0.378 e. The Bertz CT molecular complexity index is 467. The number of hydrogen-bond donors (Lipinski definition) is 1. The number of benzene rings is 1. The molecular weight excluding hydrogens is 279 g/mol. The highest BCUT2D eigenvalue weighted by Crippen LogP contribution is 2.32. The van der Waals surface area contributed by atoms with Crippen LogP contribution in [0.3, 0.4) is 0 Å². The summed E-state index contributed by atoms with van der Waals surface area (Å²) in [5.74, 6) is 0.465. The van der Waals surface area contributed by atoms with E-state index in [1.807, 2.05) is 11.8 Å². The average Bonchev–Trinajstić information content (AvgIpc) is 2.83. The third-order valence-electron chi connectivity index (χ3n) is 2.78. The number of thioether (sulfide) groups is 1. The van der Waals surface area contributed by atoms with Crippen LogP contribution in [0.4, 0.5) is 15.8 Å². The summed E-state index contributed by atoms with van der Waals surface area (Å²) in [6.07, 6.45) is 2.25. The number of nitro benzene ring substituents is 1. The largest absolute Gasteiger partial charge is 0.378 e. The Balaban J connectivity index is 2.14. The van der Waals surface area contributed by atoms with Gasteiger partial charge in [0.05, 0.1) is 9.95 Å². The van der Waals surface area contributed by atoms with E-state index in [0.29, 0.717) is 11.8 Å². The van der Waals surface area contributed by atoms with Crippen LogP contribution in [0.15, 0.2) is 12.1 Å². The summed E-state index contributed by atoms with van der Waals surface area (Å²) in [5.41, 5.74) is -0.00111. The third kappa shape index (κ3) is 3.05. The molecule has 1 aromatic rings. The molecule has 1 N–H and O–H groups in total. The van der Waals surface area contributed by atoms with Gasteiger partial charge in [-0.2, -0.15) is 11.8 Å². The van der Waals surface area contributed by atoms with Gasteiger partial charge in [0, 0.05) is 23.9 Å². The zero-order chi connectivity index (χ0) is 13.1. The summed E-state index contributed by atoms with van der Waals surface area (Å²) in [6, 6.07) is 2.13. The number of nitrogens with zero attached hydrogens (tertiary/aromatic N) is 1. The van der Waals surface area contributed by atoms with Crippen molar-refractivity contribution in [3.8, 4) is 0 Å². The van der Waals surface area contributed by atoms with E-state index in [4.69, 9.17) is 11.6 Å². The van der Waals surface area contributed by atoms with Gasteiger partial charge in [-0.05, 0) is 18.6 Å². The molecule has 18 heavy (non-hydrogen) atoms. The quantitative estimate of drug-likeness (QED) is 0.678. The first kappa shape index (κ1) is 13.4. The molecule has 1 heterocycles. The smallest absolute Gasteiger partial charge is 0.294 e. The summed E-state index contributed by atoms with van der Waals surface area (Å²) in [4.78, 5) is 10.3. The lowest BCUT2D eigenvalue weighted by molar-refractivity contribution is -0.384. The van der Waals surface area contributed by atoms with Gasteiger partial charge in [0.1, 0.15) is 11.5 Å². The molecule has 1 atom stereocenters. The lowest BCUT2D eigenvalue weighted by Crippen LogP contribution is -2.14. The molecule has 0 radical (unpaired) electrons. The van der Waals surface area contributed by atoms with Crippen molar-refractivity contribution in [2.45, 2.75) is 18.1 Å². The van der Waals surface area contributed by atoms with Crippen molar-refractivity contribution in [2.75, 3.05) is 17.6 Å². The molecule has 0 amide bonds. The number of halogens is 2. The molecule has 1 fully saturated rings. The van der Waals surface area contributed by atoms with E-state index >= 15 is 0 Å². The van der Waals surface area contributed by atoms with E-state index in [1.165, 1.54) is 0 Å². The third-order valence-corrected chi connectivity index (χ3v) is 4.47. The maximum atomic E-state index is 13.3. The van der Waals surface area contributed by atoms with E-state index in [-0.39, 0.29) is 16.4 Å². The lowest BCUT2D eigenvalue weighted by Gasteiger charge is -2.12. The standard InChI is InChI=1S/C11H12ClFN2O2S/c12-8-4-11(15(16)17)10(5-9(8)13)14-6-7-2-1-3-18-7/h4-5,7,14H,1-3,6H2. The number of hydrogen-bond acceptors (Lipinski definition) is 4. The zero-order valence-corrected chi connectivity index (χ0v) is 11.1. The number of anilines is 1. The van der Waals surface area contributed by atoms with Crippen molar-refractivity contribution in [1.82, 2.24) is 0 Å². The maximum absolute atomic E-state index is 13.3. The van der Waals surface area contributed by atoms with Gasteiger partial charge in [0.15, 0.2) is 0 Å². The van der Waals surface area contributed by atoms with Gasteiger partial charge in [-0.25, -0.2) is 4.39 Å². The van der Waals surface area contributed by atoms with Crippen LogP contribution in [0, 0.1) is 15.9 Å². The van der Waals surface area contributed by atoms with Gasteiger partial charge >= 0.3 is 0 Å². The zero-order valence-electron chi connectivity index (χ0n) is 9.49. The van der Waals surface area contributed by atoms with Gasteiger partial charge < -0.3 is 5.32 Å². The van der Waals surface area contributed by atoms with Crippen molar-refractivity contribution in [3.63, 3.8) is 0 Å². The van der Waals surface area contributed by atoms with E-state index in [1.54, 1.807) is 0 Å². The molecule has 0 saturated carbocycles. The average molecular weight is 291 g/mol. The van der Waals surface area contributed by atoms with Gasteiger partial charge in [-0.3, -0.25) is 10.1 Å². The Hall–Kier alpha value is -1.01. The molecule has 0 aromatic heterocycles. The Morgan fingerprint density at radius 2 is 2.39 bits per heavy atom. The predicted molar refractivity (Wildman–Crippen MR) is 72.0 cm³/mol. The monoisotopic (exact) mass is 290 g/mol. The number of nitrogens with one attached hydrogen (secondary N) is 1. The molecular formula is C11H12ClFN2O2S. The normalized spacial score (nSPS) is 18.9. The first-order valence-electron chi connectivity index (χ1n) is 5.57. The van der Waals surface area contributed by atoms with E-state index in [9.17, 15) is 14.5 Å². The first-order chi connectivity index (χ1) is 8.58. The summed E-state index contributed by atoms with van der Waals surface area (Å²) in [7, 11) is 0. The Morgan fingerprint density at radius 3 is 3.00 bits per heavy atom. The Kier molecular flexibility index (Phi) is 4.29. The van der Waals surface area contributed by atoms with Crippen LogP contribution >= 0.6 is 23.4 Å². The van der Waals surface area contributed by atoms with Gasteiger partial charge in [-0.15, -0.1) is 0 Å². The fourth-order valence-corrected chi connectivity index (χ4v) is 3.22. The molecule has 1 aromatic carbocycles. The van der Waals surface area contributed by atoms with Gasteiger partial charge in [-0.1, -0.05) is 11.6 Å². The second-order valence-electron chi connectivity index (χ2n) is 4.06. The van der Waals surface area contributed by atoms with Crippen LogP contribution in [-0.4, -0.2) is 22.5 Å². The highest BCUT2D eigenvalue weighted by Gasteiger charge is 2.20. The Labute approximate surface area is 113 Å². The highest BCUT2D eigenvalue weighted by molar-refractivity contribution is 8.00. The van der Waals surface area contributed by atoms with Crippen LogP contribution in [0.2, 0.25) is 5.02 Å². The fourth-order valence-electron chi connectivity index (χ4n) is 1.86. The summed E-state index contributed by atoms with van der Waals surface area (Å²) < 4.78 is 13.3. The van der Waals surface area contributed by atoms with Crippen LogP contribution < -0.4 is 5.32 Å².